The number of fused-ring (bicyclic) bond motifs is 1. The van der Waals surface area contributed by atoms with Gasteiger partial charge < -0.3 is 4.90 Å². The fraction of sp³-hybridized carbons (Fsp3) is 0.882. The van der Waals surface area contributed by atoms with Crippen molar-refractivity contribution in [2.24, 2.45) is 16.7 Å². The lowest BCUT2D eigenvalue weighted by Gasteiger charge is -2.35. The summed E-state index contributed by atoms with van der Waals surface area (Å²) in [7, 11) is 0. The number of ketones is 1. The molecule has 0 aromatic heterocycles. The Balaban J connectivity index is 2.33. The number of carbonyl (C=O) groups is 2. The van der Waals surface area contributed by atoms with Crippen LogP contribution in [-0.2, 0) is 9.59 Å². The van der Waals surface area contributed by atoms with E-state index in [0.717, 1.165) is 18.7 Å². The van der Waals surface area contributed by atoms with Gasteiger partial charge in [0.15, 0.2) is 5.78 Å². The predicted octanol–water partition coefficient (Wildman–Crippen LogP) is 3.37. The number of Topliss-reactive ketones (excluding diaryl/α,β-unsaturated/α-hetero) is 1. The SMILES string of the molecule is CC(C)(C)C(=O)C1C2SCCCC2CN1C(=O)C(C)(C)C. The first-order valence-corrected chi connectivity index (χ1v) is 9.05. The molecule has 0 saturated carbocycles. The second-order valence-electron chi connectivity index (χ2n) is 8.50. The van der Waals surface area contributed by atoms with Crippen molar-refractivity contribution in [3.8, 4) is 0 Å². The molecule has 2 aliphatic rings. The van der Waals surface area contributed by atoms with Gasteiger partial charge in [-0.25, -0.2) is 0 Å². The summed E-state index contributed by atoms with van der Waals surface area (Å²) in [5.74, 6) is 1.96. The Morgan fingerprint density at radius 3 is 2.19 bits per heavy atom. The molecule has 0 spiro atoms. The molecule has 3 atom stereocenters. The van der Waals surface area contributed by atoms with Crippen LogP contribution in [0.25, 0.3) is 0 Å². The van der Waals surface area contributed by atoms with Crippen molar-refractivity contribution in [2.45, 2.75) is 65.7 Å². The van der Waals surface area contributed by atoms with Gasteiger partial charge in [-0.3, -0.25) is 9.59 Å². The van der Waals surface area contributed by atoms with E-state index in [9.17, 15) is 9.59 Å². The number of rotatable bonds is 1. The topological polar surface area (TPSA) is 37.4 Å². The van der Waals surface area contributed by atoms with E-state index < -0.39 is 10.8 Å². The number of carbonyl (C=O) groups excluding carboxylic acids is 2. The molecule has 0 bridgehead atoms. The van der Waals surface area contributed by atoms with Gasteiger partial charge in [0.2, 0.25) is 5.91 Å². The van der Waals surface area contributed by atoms with Crippen molar-refractivity contribution in [1.82, 2.24) is 4.90 Å². The number of likely N-dealkylation sites (tertiary alicyclic amines) is 1. The van der Waals surface area contributed by atoms with Crippen LogP contribution in [0.4, 0.5) is 0 Å². The summed E-state index contributed by atoms with van der Waals surface area (Å²) in [6.45, 7) is 12.5. The molecular formula is C17H29NO2S. The Bertz CT molecular complexity index is 433. The van der Waals surface area contributed by atoms with E-state index >= 15 is 0 Å². The smallest absolute Gasteiger partial charge is 0.228 e. The molecule has 2 saturated heterocycles. The Labute approximate surface area is 133 Å². The summed E-state index contributed by atoms with van der Waals surface area (Å²) in [5.41, 5.74) is -0.817. The van der Waals surface area contributed by atoms with E-state index in [4.69, 9.17) is 0 Å². The van der Waals surface area contributed by atoms with Crippen LogP contribution in [0.3, 0.4) is 0 Å². The van der Waals surface area contributed by atoms with E-state index in [0.29, 0.717) is 11.2 Å². The molecule has 2 fully saturated rings. The number of hydrogen-bond donors (Lipinski definition) is 0. The van der Waals surface area contributed by atoms with Crippen molar-refractivity contribution in [3.63, 3.8) is 0 Å². The fourth-order valence-corrected chi connectivity index (χ4v) is 4.88. The van der Waals surface area contributed by atoms with Crippen LogP contribution in [0.5, 0.6) is 0 Å². The van der Waals surface area contributed by atoms with Crippen LogP contribution < -0.4 is 0 Å². The third-order valence-electron chi connectivity index (χ3n) is 4.48. The van der Waals surface area contributed by atoms with Crippen LogP contribution in [-0.4, -0.2) is 40.2 Å². The summed E-state index contributed by atoms with van der Waals surface area (Å²) in [4.78, 5) is 27.7. The van der Waals surface area contributed by atoms with Gasteiger partial charge in [0, 0.05) is 22.6 Å². The van der Waals surface area contributed by atoms with Crippen molar-refractivity contribution >= 4 is 23.5 Å². The Kier molecular flexibility index (Phi) is 4.50. The highest BCUT2D eigenvalue weighted by atomic mass is 32.2. The molecule has 2 heterocycles. The van der Waals surface area contributed by atoms with E-state index in [1.807, 2.05) is 58.2 Å². The molecule has 120 valence electrons. The molecule has 21 heavy (non-hydrogen) atoms. The molecule has 2 aliphatic heterocycles. The standard InChI is InChI=1S/C17H29NO2S/c1-16(2,3)14(19)12-13-11(8-7-9-21-13)10-18(12)15(20)17(4,5)6/h11-13H,7-10H2,1-6H3. The van der Waals surface area contributed by atoms with E-state index in [-0.39, 0.29) is 17.7 Å². The first-order chi connectivity index (χ1) is 9.53. The maximum atomic E-state index is 13.0. The van der Waals surface area contributed by atoms with Gasteiger partial charge in [-0.2, -0.15) is 11.8 Å². The zero-order valence-corrected chi connectivity index (χ0v) is 15.0. The molecule has 0 aliphatic carbocycles. The second-order valence-corrected chi connectivity index (χ2v) is 9.79. The quantitative estimate of drug-likeness (QED) is 0.745. The van der Waals surface area contributed by atoms with E-state index in [2.05, 4.69) is 0 Å². The van der Waals surface area contributed by atoms with Crippen LogP contribution in [0, 0.1) is 16.7 Å². The van der Waals surface area contributed by atoms with E-state index in [1.54, 1.807) is 0 Å². The molecule has 3 nitrogen and oxygen atoms in total. The highest BCUT2D eigenvalue weighted by molar-refractivity contribution is 8.00. The van der Waals surface area contributed by atoms with Gasteiger partial charge in [-0.1, -0.05) is 41.5 Å². The first-order valence-electron chi connectivity index (χ1n) is 8.00. The number of nitrogens with zero attached hydrogens (tertiary/aromatic N) is 1. The highest BCUT2D eigenvalue weighted by Crippen LogP contribution is 2.43. The lowest BCUT2D eigenvalue weighted by atomic mass is 9.83. The Morgan fingerprint density at radius 2 is 1.67 bits per heavy atom. The molecule has 0 aromatic rings. The second kappa shape index (κ2) is 5.60. The minimum atomic E-state index is -0.422. The summed E-state index contributed by atoms with van der Waals surface area (Å²) >= 11 is 1.90. The summed E-state index contributed by atoms with van der Waals surface area (Å²) < 4.78 is 0. The maximum Gasteiger partial charge on any atom is 0.228 e. The molecule has 4 heteroatoms. The normalized spacial score (nSPS) is 30.2. The Morgan fingerprint density at radius 1 is 1.05 bits per heavy atom. The minimum Gasteiger partial charge on any atom is -0.331 e. The molecule has 3 unspecified atom stereocenters. The fourth-order valence-electron chi connectivity index (χ4n) is 3.33. The number of hydrogen-bond acceptors (Lipinski definition) is 3. The maximum absolute atomic E-state index is 13.0. The lowest BCUT2D eigenvalue weighted by molar-refractivity contribution is -0.146. The largest absolute Gasteiger partial charge is 0.331 e. The number of amides is 1. The van der Waals surface area contributed by atoms with Gasteiger partial charge in [0.05, 0.1) is 0 Å². The summed E-state index contributed by atoms with van der Waals surface area (Å²) in [5, 5.41) is 0.303. The van der Waals surface area contributed by atoms with Crippen molar-refractivity contribution < 1.29 is 9.59 Å². The van der Waals surface area contributed by atoms with Crippen LogP contribution in [0.1, 0.15) is 54.4 Å². The van der Waals surface area contributed by atoms with Crippen molar-refractivity contribution in [2.75, 3.05) is 12.3 Å². The average molecular weight is 311 g/mol. The van der Waals surface area contributed by atoms with Gasteiger partial charge in [-0.05, 0) is 24.5 Å². The third-order valence-corrected chi connectivity index (χ3v) is 6.03. The molecule has 1 amide bonds. The minimum absolute atomic E-state index is 0.125. The molecular weight excluding hydrogens is 282 g/mol. The van der Waals surface area contributed by atoms with Gasteiger partial charge in [0.25, 0.3) is 0 Å². The molecule has 2 rings (SSSR count). The van der Waals surface area contributed by atoms with Gasteiger partial charge in [0.1, 0.15) is 6.04 Å². The third kappa shape index (κ3) is 3.30. The van der Waals surface area contributed by atoms with Crippen LogP contribution in [0.15, 0.2) is 0 Å². The molecule has 0 radical (unpaired) electrons. The van der Waals surface area contributed by atoms with E-state index in [1.165, 1.54) is 6.42 Å². The van der Waals surface area contributed by atoms with Gasteiger partial charge in [-0.15, -0.1) is 0 Å². The van der Waals surface area contributed by atoms with Crippen molar-refractivity contribution in [3.05, 3.63) is 0 Å². The van der Waals surface area contributed by atoms with Crippen molar-refractivity contribution in [1.29, 1.82) is 0 Å². The molecule has 0 N–H and O–H groups in total. The summed E-state index contributed by atoms with van der Waals surface area (Å²) in [6.07, 6.45) is 2.36. The highest BCUT2D eigenvalue weighted by Gasteiger charge is 2.51. The van der Waals surface area contributed by atoms with Crippen LogP contribution >= 0.6 is 11.8 Å². The average Bonchev–Trinajstić information content (AvgIpc) is 2.73. The summed E-state index contributed by atoms with van der Waals surface area (Å²) in [6, 6.07) is -0.230. The zero-order valence-electron chi connectivity index (χ0n) is 14.2. The lowest BCUT2D eigenvalue weighted by Crippen LogP contribution is -2.51. The monoisotopic (exact) mass is 311 g/mol. The first kappa shape index (κ1) is 16.9. The predicted molar refractivity (Wildman–Crippen MR) is 88.4 cm³/mol. The van der Waals surface area contributed by atoms with Crippen LogP contribution in [0.2, 0.25) is 0 Å². The van der Waals surface area contributed by atoms with Gasteiger partial charge >= 0.3 is 0 Å². The zero-order chi connectivity index (χ0) is 16.0. The number of thioether (sulfide) groups is 1. The molecule has 0 aromatic carbocycles. The Hall–Kier alpha value is -0.510.